The molecular weight excluding hydrogens is 312 g/mol. The van der Waals surface area contributed by atoms with Gasteiger partial charge >= 0.3 is 0 Å². The Balaban J connectivity index is 1.59. The molecule has 1 fully saturated rings. The molecule has 0 radical (unpaired) electrons. The number of aromatic nitrogens is 2. The van der Waals surface area contributed by atoms with Gasteiger partial charge in [0.05, 0.1) is 5.75 Å². The molecule has 1 aliphatic heterocycles. The molecular formula is C12H14N4O3S2. The van der Waals surface area contributed by atoms with Gasteiger partial charge in [0, 0.05) is 25.8 Å². The molecule has 1 saturated heterocycles. The van der Waals surface area contributed by atoms with Gasteiger partial charge in [-0.05, 0) is 18.6 Å². The van der Waals surface area contributed by atoms with Gasteiger partial charge in [0.2, 0.25) is 10.0 Å². The summed E-state index contributed by atoms with van der Waals surface area (Å²) in [5.74, 6) is -0.0978. The highest BCUT2D eigenvalue weighted by Gasteiger charge is 2.27. The topological polar surface area (TPSA) is 92.3 Å². The highest BCUT2D eigenvalue weighted by Crippen LogP contribution is 2.19. The number of amides is 1. The molecule has 3 heterocycles. The smallest absolute Gasteiger partial charge is 0.280 e. The van der Waals surface area contributed by atoms with Gasteiger partial charge in [-0.2, -0.15) is 0 Å². The zero-order valence-electron chi connectivity index (χ0n) is 11.2. The van der Waals surface area contributed by atoms with Crippen LogP contribution >= 0.6 is 11.3 Å². The summed E-state index contributed by atoms with van der Waals surface area (Å²) < 4.78 is 24.6. The van der Waals surface area contributed by atoms with Crippen LogP contribution in [0.15, 0.2) is 18.3 Å². The fourth-order valence-corrected chi connectivity index (χ4v) is 4.53. The third-order valence-corrected chi connectivity index (χ3v) is 6.15. The van der Waals surface area contributed by atoms with Crippen LogP contribution in [0, 0.1) is 0 Å². The lowest BCUT2D eigenvalue weighted by Crippen LogP contribution is -2.35. The van der Waals surface area contributed by atoms with E-state index in [9.17, 15) is 13.2 Å². The number of hydrogen-bond acceptors (Lipinski definition) is 6. The van der Waals surface area contributed by atoms with Gasteiger partial charge < -0.3 is 5.32 Å². The van der Waals surface area contributed by atoms with Crippen molar-refractivity contribution in [1.29, 1.82) is 0 Å². The van der Waals surface area contributed by atoms with Crippen LogP contribution in [0.3, 0.4) is 0 Å². The van der Waals surface area contributed by atoms with Crippen molar-refractivity contribution in [2.75, 3.05) is 25.4 Å². The Bertz CT molecular complexity index is 739. The summed E-state index contributed by atoms with van der Waals surface area (Å²) in [6, 6.07) is 3.56. The second-order valence-electron chi connectivity index (χ2n) is 4.67. The van der Waals surface area contributed by atoms with Crippen molar-refractivity contribution in [3.63, 3.8) is 0 Å². The summed E-state index contributed by atoms with van der Waals surface area (Å²) in [6.45, 7) is 1.11. The molecule has 2 aromatic rings. The van der Waals surface area contributed by atoms with E-state index in [2.05, 4.69) is 15.3 Å². The molecule has 0 bridgehead atoms. The van der Waals surface area contributed by atoms with Crippen LogP contribution in [0.4, 0.5) is 0 Å². The predicted octanol–water partition coefficient (Wildman–Crippen LogP) is 0.457. The number of pyridine rings is 1. The summed E-state index contributed by atoms with van der Waals surface area (Å²) in [5, 5.41) is 3.04. The molecule has 0 spiro atoms. The van der Waals surface area contributed by atoms with Crippen LogP contribution in [0.1, 0.15) is 16.2 Å². The van der Waals surface area contributed by atoms with Gasteiger partial charge in [-0.1, -0.05) is 11.3 Å². The Morgan fingerprint density at radius 3 is 3.05 bits per heavy atom. The van der Waals surface area contributed by atoms with Crippen molar-refractivity contribution >= 4 is 37.6 Å². The van der Waals surface area contributed by atoms with Gasteiger partial charge in [0.15, 0.2) is 5.01 Å². The number of nitrogens with one attached hydrogen (secondary N) is 1. The molecule has 1 N–H and O–H groups in total. The number of sulfonamides is 1. The first-order valence-electron chi connectivity index (χ1n) is 6.54. The number of thiazole rings is 1. The summed E-state index contributed by atoms with van der Waals surface area (Å²) >= 11 is 1.22. The van der Waals surface area contributed by atoms with Crippen molar-refractivity contribution in [2.45, 2.75) is 6.42 Å². The van der Waals surface area contributed by atoms with E-state index in [4.69, 9.17) is 0 Å². The number of carbonyl (C=O) groups excluding carboxylic acids is 1. The summed E-state index contributed by atoms with van der Waals surface area (Å²) in [6.07, 6.45) is 2.31. The molecule has 2 aromatic heterocycles. The van der Waals surface area contributed by atoms with Crippen molar-refractivity contribution < 1.29 is 13.2 Å². The summed E-state index contributed by atoms with van der Waals surface area (Å²) in [7, 11) is -3.11. The van der Waals surface area contributed by atoms with Gasteiger partial charge in [-0.25, -0.2) is 22.7 Å². The first-order chi connectivity index (χ1) is 10.1. The number of hydrogen-bond donors (Lipinski definition) is 1. The highest BCUT2D eigenvalue weighted by atomic mass is 32.2. The molecule has 1 amide bonds. The molecule has 1 aliphatic rings. The van der Waals surface area contributed by atoms with E-state index in [-0.39, 0.29) is 18.2 Å². The van der Waals surface area contributed by atoms with E-state index in [0.29, 0.717) is 34.9 Å². The van der Waals surface area contributed by atoms with Crippen LogP contribution in [0.2, 0.25) is 0 Å². The Kier molecular flexibility index (Phi) is 3.87. The normalized spacial score (nSPS) is 18.1. The number of nitrogens with zero attached hydrogens (tertiary/aromatic N) is 3. The van der Waals surface area contributed by atoms with E-state index in [1.165, 1.54) is 15.6 Å². The Hall–Kier alpha value is -1.58. The van der Waals surface area contributed by atoms with Gasteiger partial charge in [0.25, 0.3) is 5.91 Å². The Morgan fingerprint density at radius 2 is 2.33 bits per heavy atom. The predicted molar refractivity (Wildman–Crippen MR) is 79.7 cm³/mol. The standard InChI is InChI=1S/C12H14N4O3S2/c17-10(12-15-9-3-1-4-14-11(9)20-12)13-5-7-16-6-2-8-21(16,18)19/h1,3-4H,2,5-8H2,(H,13,17). The van der Waals surface area contributed by atoms with Crippen molar-refractivity contribution in [2.24, 2.45) is 0 Å². The van der Waals surface area contributed by atoms with E-state index < -0.39 is 10.0 Å². The lowest BCUT2D eigenvalue weighted by Gasteiger charge is -2.13. The minimum Gasteiger partial charge on any atom is -0.349 e. The molecule has 0 saturated carbocycles. The molecule has 7 nitrogen and oxygen atoms in total. The second kappa shape index (κ2) is 5.66. The van der Waals surface area contributed by atoms with E-state index in [1.807, 2.05) is 0 Å². The fourth-order valence-electron chi connectivity index (χ4n) is 2.18. The summed E-state index contributed by atoms with van der Waals surface area (Å²) in [4.78, 5) is 21.0. The second-order valence-corrected chi connectivity index (χ2v) is 7.74. The van der Waals surface area contributed by atoms with E-state index >= 15 is 0 Å². The first-order valence-corrected chi connectivity index (χ1v) is 8.96. The van der Waals surface area contributed by atoms with Crippen LogP contribution in [0.25, 0.3) is 10.3 Å². The third-order valence-electron chi connectivity index (χ3n) is 3.21. The molecule has 3 rings (SSSR count). The maximum Gasteiger partial charge on any atom is 0.280 e. The quantitative estimate of drug-likeness (QED) is 0.881. The molecule has 0 aromatic carbocycles. The number of rotatable bonds is 4. The molecule has 21 heavy (non-hydrogen) atoms. The molecule has 112 valence electrons. The fraction of sp³-hybridized carbons (Fsp3) is 0.417. The minimum atomic E-state index is -3.11. The largest absolute Gasteiger partial charge is 0.349 e. The minimum absolute atomic E-state index is 0.199. The highest BCUT2D eigenvalue weighted by molar-refractivity contribution is 7.89. The number of carbonyl (C=O) groups is 1. The summed E-state index contributed by atoms with van der Waals surface area (Å²) in [5.41, 5.74) is 0.690. The SMILES string of the molecule is O=C(NCCN1CCCS1(=O)=O)c1nc2cccnc2s1. The maximum absolute atomic E-state index is 12.0. The van der Waals surface area contributed by atoms with Crippen LogP contribution in [-0.4, -0.2) is 54.0 Å². The molecule has 9 heteroatoms. The van der Waals surface area contributed by atoms with Crippen molar-refractivity contribution in [3.05, 3.63) is 23.3 Å². The zero-order chi connectivity index (χ0) is 14.9. The Labute approximate surface area is 126 Å². The lowest BCUT2D eigenvalue weighted by molar-refractivity contribution is 0.0951. The van der Waals surface area contributed by atoms with Gasteiger partial charge in [0.1, 0.15) is 10.3 Å². The van der Waals surface area contributed by atoms with E-state index in [0.717, 1.165) is 0 Å². The van der Waals surface area contributed by atoms with E-state index in [1.54, 1.807) is 18.3 Å². The monoisotopic (exact) mass is 326 g/mol. The third kappa shape index (κ3) is 3.04. The van der Waals surface area contributed by atoms with Gasteiger partial charge in [-0.15, -0.1) is 0 Å². The number of fused-ring (bicyclic) bond motifs is 1. The van der Waals surface area contributed by atoms with Crippen molar-refractivity contribution in [1.82, 2.24) is 19.6 Å². The van der Waals surface area contributed by atoms with Crippen LogP contribution < -0.4 is 5.32 Å². The average molecular weight is 326 g/mol. The van der Waals surface area contributed by atoms with Crippen LogP contribution in [-0.2, 0) is 10.0 Å². The molecule has 0 unspecified atom stereocenters. The Morgan fingerprint density at radius 1 is 1.48 bits per heavy atom. The molecule has 0 atom stereocenters. The van der Waals surface area contributed by atoms with Crippen LogP contribution in [0.5, 0.6) is 0 Å². The van der Waals surface area contributed by atoms with Gasteiger partial charge in [-0.3, -0.25) is 4.79 Å². The zero-order valence-corrected chi connectivity index (χ0v) is 12.8. The maximum atomic E-state index is 12.0. The lowest BCUT2D eigenvalue weighted by atomic mass is 10.4. The average Bonchev–Trinajstić information content (AvgIpc) is 3.02. The van der Waals surface area contributed by atoms with Crippen molar-refractivity contribution in [3.8, 4) is 0 Å². The first kappa shape index (κ1) is 14.4. The molecule has 0 aliphatic carbocycles.